The third-order valence-electron chi connectivity index (χ3n) is 5.51. The van der Waals surface area contributed by atoms with E-state index >= 15 is 0 Å². The van der Waals surface area contributed by atoms with Gasteiger partial charge in [-0.1, -0.05) is 48.5 Å². The lowest BCUT2D eigenvalue weighted by molar-refractivity contribution is -0.123. The quantitative estimate of drug-likeness (QED) is 0.748. The Balaban J connectivity index is 1.61. The predicted octanol–water partition coefficient (Wildman–Crippen LogP) is 4.16. The number of nitrogens with zero attached hydrogens (tertiary/aromatic N) is 1. The summed E-state index contributed by atoms with van der Waals surface area (Å²) in [5.41, 5.74) is 4.89. The second-order valence-electron chi connectivity index (χ2n) is 7.92. The molecule has 4 heteroatoms. The molecule has 1 heterocycles. The summed E-state index contributed by atoms with van der Waals surface area (Å²) in [5.74, 6) is 0.0552. The highest BCUT2D eigenvalue weighted by atomic mass is 16.5. The van der Waals surface area contributed by atoms with E-state index in [1.54, 1.807) is 0 Å². The zero-order valence-electron chi connectivity index (χ0n) is 17.3. The summed E-state index contributed by atoms with van der Waals surface area (Å²) in [4.78, 5) is 15.0. The van der Waals surface area contributed by atoms with Crippen molar-refractivity contribution >= 4 is 5.91 Å². The molecular weight excluding hydrogens is 348 g/mol. The first-order chi connectivity index (χ1) is 13.5. The van der Waals surface area contributed by atoms with E-state index in [4.69, 9.17) is 4.74 Å². The molecule has 2 aromatic rings. The van der Waals surface area contributed by atoms with Crippen molar-refractivity contribution < 1.29 is 9.53 Å². The molecule has 0 radical (unpaired) electrons. The molecule has 0 aromatic heterocycles. The molecule has 3 rings (SSSR count). The van der Waals surface area contributed by atoms with Crippen molar-refractivity contribution in [2.75, 3.05) is 19.7 Å². The first kappa shape index (κ1) is 20.6. The average molecular weight is 381 g/mol. The molecule has 1 aliphatic heterocycles. The van der Waals surface area contributed by atoms with Crippen molar-refractivity contribution in [3.8, 4) is 0 Å². The zero-order chi connectivity index (χ0) is 19.9. The summed E-state index contributed by atoms with van der Waals surface area (Å²) in [6, 6.07) is 16.7. The molecule has 1 amide bonds. The number of hydrogen-bond donors (Lipinski definition) is 1. The lowest BCUT2D eigenvalue weighted by Crippen LogP contribution is -2.41. The molecule has 28 heavy (non-hydrogen) atoms. The van der Waals surface area contributed by atoms with Gasteiger partial charge in [-0.05, 0) is 55.9 Å². The highest BCUT2D eigenvalue weighted by molar-refractivity contribution is 5.78. The van der Waals surface area contributed by atoms with E-state index in [9.17, 15) is 4.79 Å². The summed E-state index contributed by atoms with van der Waals surface area (Å²) in [6.07, 6.45) is 2.42. The summed E-state index contributed by atoms with van der Waals surface area (Å²) in [7, 11) is 0. The van der Waals surface area contributed by atoms with Gasteiger partial charge in [0.15, 0.2) is 0 Å². The molecule has 0 saturated carbocycles. The smallest absolute Gasteiger partial charge is 0.234 e. The van der Waals surface area contributed by atoms with Gasteiger partial charge in [-0.2, -0.15) is 0 Å². The van der Waals surface area contributed by atoms with Crippen molar-refractivity contribution in [3.05, 3.63) is 70.8 Å². The lowest BCUT2D eigenvalue weighted by Gasteiger charge is -2.26. The molecule has 1 saturated heterocycles. The molecule has 2 aromatic carbocycles. The molecule has 0 spiro atoms. The summed E-state index contributed by atoms with van der Waals surface area (Å²) in [6.45, 7) is 9.02. The molecule has 1 fully saturated rings. The standard InChI is InChI=1S/C24H32N2O2/c1-18-11-12-22(14-19(18)2)20(3)25-24(27)17-26(16-23-10-7-13-28-23)15-21-8-5-4-6-9-21/h4-6,8-9,11-12,14,20,23H,7,10,13,15-17H2,1-3H3,(H,25,27). The minimum Gasteiger partial charge on any atom is -0.377 e. The first-order valence-corrected chi connectivity index (χ1v) is 10.3. The van der Waals surface area contributed by atoms with E-state index in [0.717, 1.165) is 38.1 Å². The number of nitrogens with one attached hydrogen (secondary N) is 1. The maximum absolute atomic E-state index is 12.8. The number of benzene rings is 2. The van der Waals surface area contributed by atoms with Gasteiger partial charge in [0.05, 0.1) is 18.7 Å². The minimum absolute atomic E-state index is 0.00638. The Kier molecular flexibility index (Phi) is 7.24. The van der Waals surface area contributed by atoms with Crippen LogP contribution in [0.25, 0.3) is 0 Å². The van der Waals surface area contributed by atoms with Crippen LogP contribution in [0.2, 0.25) is 0 Å². The third-order valence-corrected chi connectivity index (χ3v) is 5.51. The fourth-order valence-electron chi connectivity index (χ4n) is 3.71. The van der Waals surface area contributed by atoms with Crippen LogP contribution in [0, 0.1) is 13.8 Å². The Hall–Kier alpha value is -2.17. The Bertz CT molecular complexity index is 769. The number of amides is 1. The van der Waals surface area contributed by atoms with Crippen LogP contribution in [0.5, 0.6) is 0 Å². The Labute approximate surface area is 168 Å². The second kappa shape index (κ2) is 9.85. The van der Waals surface area contributed by atoms with Gasteiger partial charge in [-0.3, -0.25) is 9.69 Å². The highest BCUT2D eigenvalue weighted by Gasteiger charge is 2.21. The monoisotopic (exact) mass is 380 g/mol. The largest absolute Gasteiger partial charge is 0.377 e. The van der Waals surface area contributed by atoms with E-state index in [2.05, 4.69) is 54.4 Å². The Morgan fingerprint density at radius 2 is 1.96 bits per heavy atom. The average Bonchev–Trinajstić information content (AvgIpc) is 3.17. The van der Waals surface area contributed by atoms with Crippen molar-refractivity contribution in [3.63, 3.8) is 0 Å². The van der Waals surface area contributed by atoms with Crippen LogP contribution in [0.15, 0.2) is 48.5 Å². The van der Waals surface area contributed by atoms with Crippen LogP contribution in [0.4, 0.5) is 0 Å². The summed E-state index contributed by atoms with van der Waals surface area (Å²) in [5, 5.41) is 3.16. The zero-order valence-corrected chi connectivity index (χ0v) is 17.3. The van der Waals surface area contributed by atoms with Gasteiger partial charge in [0.1, 0.15) is 0 Å². The van der Waals surface area contributed by atoms with Crippen molar-refractivity contribution in [2.45, 2.75) is 52.3 Å². The van der Waals surface area contributed by atoms with E-state index < -0.39 is 0 Å². The van der Waals surface area contributed by atoms with Gasteiger partial charge in [0.25, 0.3) is 0 Å². The Morgan fingerprint density at radius 3 is 2.64 bits per heavy atom. The van der Waals surface area contributed by atoms with Crippen LogP contribution < -0.4 is 5.32 Å². The number of hydrogen-bond acceptors (Lipinski definition) is 3. The van der Waals surface area contributed by atoms with E-state index in [1.165, 1.54) is 16.7 Å². The SMILES string of the molecule is Cc1ccc(C(C)NC(=O)CN(Cc2ccccc2)CC2CCCO2)cc1C. The van der Waals surface area contributed by atoms with Crippen LogP contribution in [0.3, 0.4) is 0 Å². The van der Waals surface area contributed by atoms with E-state index in [-0.39, 0.29) is 18.1 Å². The molecule has 1 N–H and O–H groups in total. The molecule has 2 atom stereocenters. The molecule has 2 unspecified atom stereocenters. The van der Waals surface area contributed by atoms with Crippen molar-refractivity contribution in [2.24, 2.45) is 0 Å². The molecular formula is C24H32N2O2. The maximum atomic E-state index is 12.8. The molecule has 0 aliphatic carbocycles. The topological polar surface area (TPSA) is 41.6 Å². The van der Waals surface area contributed by atoms with Crippen molar-refractivity contribution in [1.29, 1.82) is 0 Å². The first-order valence-electron chi connectivity index (χ1n) is 10.3. The van der Waals surface area contributed by atoms with Crippen LogP contribution in [0.1, 0.15) is 48.1 Å². The van der Waals surface area contributed by atoms with Crippen molar-refractivity contribution in [1.82, 2.24) is 10.2 Å². The third kappa shape index (κ3) is 5.91. The van der Waals surface area contributed by atoms with Crippen LogP contribution in [-0.2, 0) is 16.1 Å². The van der Waals surface area contributed by atoms with Crippen LogP contribution in [-0.4, -0.2) is 36.6 Å². The predicted molar refractivity (Wildman–Crippen MR) is 113 cm³/mol. The highest BCUT2D eigenvalue weighted by Crippen LogP contribution is 2.18. The normalized spacial score (nSPS) is 17.6. The van der Waals surface area contributed by atoms with E-state index in [1.807, 2.05) is 25.1 Å². The summed E-state index contributed by atoms with van der Waals surface area (Å²) < 4.78 is 5.80. The lowest BCUT2D eigenvalue weighted by atomic mass is 10.0. The fraction of sp³-hybridized carbons (Fsp3) is 0.458. The number of rotatable bonds is 8. The number of ether oxygens (including phenoxy) is 1. The van der Waals surface area contributed by atoms with E-state index in [0.29, 0.717) is 6.54 Å². The maximum Gasteiger partial charge on any atom is 0.234 e. The Morgan fingerprint density at radius 1 is 1.18 bits per heavy atom. The van der Waals surface area contributed by atoms with Gasteiger partial charge in [0.2, 0.25) is 5.91 Å². The van der Waals surface area contributed by atoms with Gasteiger partial charge >= 0.3 is 0 Å². The number of carbonyl (C=O) groups excluding carboxylic acids is 1. The number of carbonyl (C=O) groups is 1. The molecule has 4 nitrogen and oxygen atoms in total. The van der Waals surface area contributed by atoms with Gasteiger partial charge in [-0.25, -0.2) is 0 Å². The molecule has 150 valence electrons. The minimum atomic E-state index is -0.00638. The second-order valence-corrected chi connectivity index (χ2v) is 7.92. The fourth-order valence-corrected chi connectivity index (χ4v) is 3.71. The summed E-state index contributed by atoms with van der Waals surface area (Å²) >= 11 is 0. The van der Waals surface area contributed by atoms with Gasteiger partial charge in [-0.15, -0.1) is 0 Å². The van der Waals surface area contributed by atoms with Gasteiger partial charge < -0.3 is 10.1 Å². The number of aryl methyl sites for hydroxylation is 2. The molecule has 0 bridgehead atoms. The molecule has 1 aliphatic rings. The van der Waals surface area contributed by atoms with Crippen LogP contribution >= 0.6 is 0 Å². The van der Waals surface area contributed by atoms with Gasteiger partial charge in [0, 0.05) is 19.7 Å².